The summed E-state index contributed by atoms with van der Waals surface area (Å²) >= 11 is 12.0. The Kier molecular flexibility index (Phi) is 3.52. The Morgan fingerprint density at radius 1 is 1.12 bits per heavy atom. The van der Waals surface area contributed by atoms with Crippen LogP contribution in [0.1, 0.15) is 17.2 Å². The molecule has 0 bridgehead atoms. The quantitative estimate of drug-likeness (QED) is 0.880. The molecule has 1 atom stereocenters. The summed E-state index contributed by atoms with van der Waals surface area (Å²) in [5, 5.41) is 10.4. The Morgan fingerprint density at radius 2 is 1.76 bits per heavy atom. The number of phenols is 1. The largest absolute Gasteiger partial charge is 0.508 e. The predicted octanol–water partition coefficient (Wildman–Crippen LogP) is 3.14. The van der Waals surface area contributed by atoms with Crippen molar-refractivity contribution in [2.24, 2.45) is 5.73 Å². The molecule has 1 heterocycles. The molecule has 3 nitrogen and oxygen atoms in total. The van der Waals surface area contributed by atoms with E-state index in [4.69, 9.17) is 28.9 Å². The summed E-state index contributed by atoms with van der Waals surface area (Å²) in [6.45, 7) is 0. The maximum Gasteiger partial charge on any atom is 0.122 e. The minimum absolute atomic E-state index is 0.0312. The van der Waals surface area contributed by atoms with Gasteiger partial charge in [-0.3, -0.25) is 4.98 Å². The van der Waals surface area contributed by atoms with Crippen LogP contribution in [0.4, 0.5) is 0 Å². The SMILES string of the molecule is NC(c1ccncc1)c1c(O)ccc(Cl)c1Cl. The van der Waals surface area contributed by atoms with Crippen molar-refractivity contribution in [1.82, 2.24) is 4.98 Å². The molecule has 1 unspecified atom stereocenters. The van der Waals surface area contributed by atoms with E-state index in [1.165, 1.54) is 12.1 Å². The Hall–Kier alpha value is -1.29. The first-order chi connectivity index (χ1) is 8.11. The topological polar surface area (TPSA) is 59.1 Å². The zero-order valence-corrected chi connectivity index (χ0v) is 10.3. The molecule has 5 heteroatoms. The van der Waals surface area contributed by atoms with Crippen molar-refractivity contribution in [3.8, 4) is 5.75 Å². The predicted molar refractivity (Wildman–Crippen MR) is 68.4 cm³/mol. The maximum absolute atomic E-state index is 9.81. The first-order valence-corrected chi connectivity index (χ1v) is 5.69. The average Bonchev–Trinajstić information content (AvgIpc) is 2.35. The van der Waals surface area contributed by atoms with Crippen molar-refractivity contribution in [1.29, 1.82) is 0 Å². The maximum atomic E-state index is 9.81. The smallest absolute Gasteiger partial charge is 0.122 e. The Labute approximate surface area is 109 Å². The third kappa shape index (κ3) is 2.36. The van der Waals surface area contributed by atoms with Gasteiger partial charge in [-0.2, -0.15) is 0 Å². The van der Waals surface area contributed by atoms with E-state index in [2.05, 4.69) is 4.98 Å². The minimum atomic E-state index is -0.538. The van der Waals surface area contributed by atoms with Gasteiger partial charge in [0.15, 0.2) is 0 Å². The Balaban J connectivity index is 2.51. The molecule has 0 amide bonds. The van der Waals surface area contributed by atoms with Gasteiger partial charge in [-0.1, -0.05) is 23.2 Å². The molecule has 0 saturated heterocycles. The molecule has 0 aliphatic rings. The lowest BCUT2D eigenvalue weighted by Gasteiger charge is -2.16. The van der Waals surface area contributed by atoms with Crippen LogP contribution in [-0.2, 0) is 0 Å². The Bertz CT molecular complexity index is 532. The highest BCUT2D eigenvalue weighted by Gasteiger charge is 2.18. The van der Waals surface area contributed by atoms with Crippen molar-refractivity contribution in [2.75, 3.05) is 0 Å². The number of hydrogen-bond acceptors (Lipinski definition) is 3. The van der Waals surface area contributed by atoms with Crippen LogP contribution < -0.4 is 5.73 Å². The monoisotopic (exact) mass is 268 g/mol. The Morgan fingerprint density at radius 3 is 2.41 bits per heavy atom. The second-order valence-corrected chi connectivity index (χ2v) is 4.34. The molecule has 0 radical (unpaired) electrons. The van der Waals surface area contributed by atoms with Gasteiger partial charge in [-0.15, -0.1) is 0 Å². The van der Waals surface area contributed by atoms with Gasteiger partial charge in [0, 0.05) is 18.0 Å². The number of hydrogen-bond donors (Lipinski definition) is 2. The lowest BCUT2D eigenvalue weighted by Crippen LogP contribution is -2.12. The summed E-state index contributed by atoms with van der Waals surface area (Å²) in [6, 6.07) is 6.00. The van der Waals surface area contributed by atoms with Gasteiger partial charge in [0.05, 0.1) is 16.1 Å². The molecule has 1 aromatic heterocycles. The fraction of sp³-hybridized carbons (Fsp3) is 0.0833. The van der Waals surface area contributed by atoms with Crippen LogP contribution in [0.25, 0.3) is 0 Å². The highest BCUT2D eigenvalue weighted by Crippen LogP contribution is 2.37. The molecule has 0 aliphatic carbocycles. The summed E-state index contributed by atoms with van der Waals surface area (Å²) in [7, 11) is 0. The van der Waals surface area contributed by atoms with Gasteiger partial charge in [0.2, 0.25) is 0 Å². The van der Waals surface area contributed by atoms with Crippen LogP contribution in [-0.4, -0.2) is 10.1 Å². The lowest BCUT2D eigenvalue weighted by molar-refractivity contribution is 0.465. The molecular weight excluding hydrogens is 259 g/mol. The average molecular weight is 269 g/mol. The summed E-state index contributed by atoms with van der Waals surface area (Å²) in [5.41, 5.74) is 7.28. The van der Waals surface area contributed by atoms with Gasteiger partial charge in [0.25, 0.3) is 0 Å². The van der Waals surface area contributed by atoms with Crippen LogP contribution in [0.15, 0.2) is 36.7 Å². The number of rotatable bonds is 2. The van der Waals surface area contributed by atoms with E-state index in [1.807, 2.05) is 0 Å². The summed E-state index contributed by atoms with van der Waals surface area (Å²) < 4.78 is 0. The molecule has 17 heavy (non-hydrogen) atoms. The van der Waals surface area contributed by atoms with E-state index in [0.717, 1.165) is 5.56 Å². The number of pyridine rings is 1. The molecule has 0 aliphatic heterocycles. The van der Waals surface area contributed by atoms with Gasteiger partial charge in [-0.25, -0.2) is 0 Å². The molecular formula is C12H10Cl2N2O. The second kappa shape index (κ2) is 4.92. The molecule has 88 valence electrons. The van der Waals surface area contributed by atoms with E-state index >= 15 is 0 Å². The normalized spacial score (nSPS) is 12.4. The third-order valence-corrected chi connectivity index (χ3v) is 3.30. The number of benzene rings is 1. The highest BCUT2D eigenvalue weighted by molar-refractivity contribution is 6.42. The lowest BCUT2D eigenvalue weighted by atomic mass is 10.00. The van der Waals surface area contributed by atoms with Gasteiger partial charge in [0.1, 0.15) is 5.75 Å². The van der Waals surface area contributed by atoms with E-state index in [0.29, 0.717) is 10.6 Å². The van der Waals surface area contributed by atoms with Crippen molar-refractivity contribution < 1.29 is 5.11 Å². The molecule has 0 fully saturated rings. The van der Waals surface area contributed by atoms with E-state index in [9.17, 15) is 5.11 Å². The van der Waals surface area contributed by atoms with Gasteiger partial charge >= 0.3 is 0 Å². The summed E-state index contributed by atoms with van der Waals surface area (Å²) in [4.78, 5) is 3.91. The fourth-order valence-corrected chi connectivity index (χ4v) is 2.03. The zero-order valence-electron chi connectivity index (χ0n) is 8.77. The first kappa shape index (κ1) is 12.2. The van der Waals surface area contributed by atoms with Crippen LogP contribution in [0.2, 0.25) is 10.0 Å². The van der Waals surface area contributed by atoms with Crippen molar-refractivity contribution >= 4 is 23.2 Å². The van der Waals surface area contributed by atoms with Gasteiger partial charge < -0.3 is 10.8 Å². The summed E-state index contributed by atoms with van der Waals surface area (Å²) in [6.07, 6.45) is 3.26. The number of nitrogens with two attached hydrogens (primary N) is 1. The highest BCUT2D eigenvalue weighted by atomic mass is 35.5. The minimum Gasteiger partial charge on any atom is -0.508 e. The third-order valence-electron chi connectivity index (χ3n) is 2.49. The van der Waals surface area contributed by atoms with Crippen molar-refractivity contribution in [3.05, 3.63) is 57.8 Å². The number of aromatic nitrogens is 1. The molecule has 1 aromatic carbocycles. The van der Waals surface area contributed by atoms with E-state index < -0.39 is 6.04 Å². The number of aromatic hydroxyl groups is 1. The van der Waals surface area contributed by atoms with E-state index in [-0.39, 0.29) is 10.8 Å². The van der Waals surface area contributed by atoms with Crippen LogP contribution >= 0.6 is 23.2 Å². The van der Waals surface area contributed by atoms with Crippen LogP contribution in [0, 0.1) is 0 Å². The standard InChI is InChI=1S/C12H10Cl2N2O/c13-8-1-2-9(17)10(11(8)14)12(15)7-3-5-16-6-4-7/h1-6,12,17H,15H2. The van der Waals surface area contributed by atoms with Crippen LogP contribution in [0.5, 0.6) is 5.75 Å². The van der Waals surface area contributed by atoms with E-state index in [1.54, 1.807) is 24.5 Å². The van der Waals surface area contributed by atoms with Gasteiger partial charge in [-0.05, 0) is 29.8 Å². The molecule has 3 N–H and O–H groups in total. The second-order valence-electron chi connectivity index (χ2n) is 3.55. The summed E-state index contributed by atoms with van der Waals surface area (Å²) in [5.74, 6) is 0.0312. The zero-order chi connectivity index (χ0) is 12.4. The molecule has 2 aromatic rings. The van der Waals surface area contributed by atoms with Crippen LogP contribution in [0.3, 0.4) is 0 Å². The molecule has 0 spiro atoms. The molecule has 0 saturated carbocycles. The fourth-order valence-electron chi connectivity index (χ4n) is 1.59. The number of halogens is 2. The molecule has 2 rings (SSSR count). The number of nitrogens with zero attached hydrogens (tertiary/aromatic N) is 1. The van der Waals surface area contributed by atoms with Crippen molar-refractivity contribution in [3.63, 3.8) is 0 Å². The number of phenolic OH excluding ortho intramolecular Hbond substituents is 1. The van der Waals surface area contributed by atoms with Crippen molar-refractivity contribution in [2.45, 2.75) is 6.04 Å². The first-order valence-electron chi connectivity index (χ1n) is 4.93.